The lowest BCUT2D eigenvalue weighted by Gasteiger charge is -2.27. The second kappa shape index (κ2) is 7.84. The number of rotatable bonds is 5. The lowest BCUT2D eigenvalue weighted by molar-refractivity contribution is -0.124. The van der Waals surface area contributed by atoms with Crippen LogP contribution in [0.5, 0.6) is 0 Å². The normalized spacial score (nSPS) is 20.1. The van der Waals surface area contributed by atoms with Crippen LogP contribution < -0.4 is 10.2 Å². The van der Waals surface area contributed by atoms with Gasteiger partial charge in [-0.05, 0) is 37.1 Å². The van der Waals surface area contributed by atoms with Crippen molar-refractivity contribution in [1.29, 1.82) is 0 Å². The van der Waals surface area contributed by atoms with E-state index in [-0.39, 0.29) is 30.3 Å². The van der Waals surface area contributed by atoms with E-state index in [1.54, 1.807) is 41.3 Å². The van der Waals surface area contributed by atoms with Crippen LogP contribution in [-0.4, -0.2) is 34.8 Å². The summed E-state index contributed by atoms with van der Waals surface area (Å²) in [7, 11) is 0. The molecule has 0 radical (unpaired) electrons. The molecule has 1 aliphatic heterocycles. The average molecular weight is 377 g/mol. The van der Waals surface area contributed by atoms with Gasteiger partial charge in [0.05, 0.1) is 12.1 Å². The number of benzene rings is 2. The van der Waals surface area contributed by atoms with Crippen molar-refractivity contribution in [2.24, 2.45) is 0 Å². The molecule has 2 aromatic carbocycles. The molecule has 2 fully saturated rings. The van der Waals surface area contributed by atoms with Gasteiger partial charge >= 0.3 is 6.03 Å². The second-order valence-corrected chi connectivity index (χ2v) is 7.27. The molecule has 1 saturated carbocycles. The SMILES string of the molecule is O=C(C[C@@H]1C(=O)N(c2ccccc2)C(=O)N1C1CCCC1)Nc1ccccc1. The van der Waals surface area contributed by atoms with E-state index in [0.717, 1.165) is 25.7 Å². The van der Waals surface area contributed by atoms with Crippen LogP contribution in [0.15, 0.2) is 60.7 Å². The van der Waals surface area contributed by atoms with Crippen LogP contribution in [0.3, 0.4) is 0 Å². The number of anilines is 2. The highest BCUT2D eigenvalue weighted by Crippen LogP contribution is 2.34. The molecule has 1 atom stereocenters. The Bertz CT molecular complexity index is 863. The van der Waals surface area contributed by atoms with Crippen molar-refractivity contribution in [3.05, 3.63) is 60.7 Å². The smallest absolute Gasteiger partial charge is 0.326 e. The summed E-state index contributed by atoms with van der Waals surface area (Å²) in [5, 5.41) is 2.82. The minimum absolute atomic E-state index is 0.0136. The topological polar surface area (TPSA) is 69.7 Å². The van der Waals surface area contributed by atoms with E-state index in [9.17, 15) is 14.4 Å². The molecule has 28 heavy (non-hydrogen) atoms. The monoisotopic (exact) mass is 377 g/mol. The largest absolute Gasteiger partial charge is 0.332 e. The fourth-order valence-corrected chi connectivity index (χ4v) is 4.11. The number of hydrogen-bond donors (Lipinski definition) is 1. The molecule has 1 aliphatic carbocycles. The van der Waals surface area contributed by atoms with Gasteiger partial charge in [0.1, 0.15) is 6.04 Å². The summed E-state index contributed by atoms with van der Waals surface area (Å²) in [6, 6.07) is 17.0. The fourth-order valence-electron chi connectivity index (χ4n) is 4.11. The maximum atomic E-state index is 13.2. The van der Waals surface area contributed by atoms with E-state index in [2.05, 4.69) is 5.32 Å². The first-order chi connectivity index (χ1) is 13.6. The Kier molecular flexibility index (Phi) is 5.10. The van der Waals surface area contributed by atoms with E-state index >= 15 is 0 Å². The standard InChI is InChI=1S/C22H23N3O3/c26-20(23-16-9-3-1-4-10-16)15-19-21(27)25(18-11-5-2-6-12-18)22(28)24(19)17-13-7-8-14-17/h1-6,9-12,17,19H,7-8,13-15H2,(H,23,26)/t19-/m1/s1. The summed E-state index contributed by atoms with van der Waals surface area (Å²) in [4.78, 5) is 41.8. The number of nitrogens with one attached hydrogen (secondary N) is 1. The van der Waals surface area contributed by atoms with E-state index in [1.807, 2.05) is 24.3 Å². The third-order valence-corrected chi connectivity index (χ3v) is 5.42. The predicted octanol–water partition coefficient (Wildman–Crippen LogP) is 3.80. The first kappa shape index (κ1) is 18.2. The number of para-hydroxylation sites is 2. The highest BCUT2D eigenvalue weighted by atomic mass is 16.2. The zero-order valence-corrected chi connectivity index (χ0v) is 15.6. The molecule has 6 heteroatoms. The molecule has 6 nitrogen and oxygen atoms in total. The van der Waals surface area contributed by atoms with Crippen LogP contribution >= 0.6 is 0 Å². The number of carbonyl (C=O) groups is 3. The summed E-state index contributed by atoms with van der Waals surface area (Å²) in [6.07, 6.45) is 3.78. The number of nitrogens with zero attached hydrogens (tertiary/aromatic N) is 2. The Morgan fingerprint density at radius 3 is 2.18 bits per heavy atom. The van der Waals surface area contributed by atoms with E-state index in [4.69, 9.17) is 0 Å². The number of imide groups is 1. The van der Waals surface area contributed by atoms with Crippen molar-refractivity contribution in [2.45, 2.75) is 44.2 Å². The molecule has 4 rings (SSSR count). The van der Waals surface area contributed by atoms with Gasteiger partial charge in [-0.15, -0.1) is 0 Å². The quantitative estimate of drug-likeness (QED) is 0.806. The molecule has 1 N–H and O–H groups in total. The zero-order valence-electron chi connectivity index (χ0n) is 15.6. The number of hydrogen-bond acceptors (Lipinski definition) is 3. The fraction of sp³-hybridized carbons (Fsp3) is 0.318. The van der Waals surface area contributed by atoms with Gasteiger partial charge in [0.2, 0.25) is 5.91 Å². The van der Waals surface area contributed by atoms with Crippen molar-refractivity contribution in [3.63, 3.8) is 0 Å². The molecule has 2 aromatic rings. The average Bonchev–Trinajstić information content (AvgIpc) is 3.30. The highest BCUT2D eigenvalue weighted by molar-refractivity contribution is 6.22. The van der Waals surface area contributed by atoms with Gasteiger partial charge in [-0.1, -0.05) is 49.2 Å². The Morgan fingerprint density at radius 2 is 1.54 bits per heavy atom. The number of amides is 4. The molecule has 144 valence electrons. The Hall–Kier alpha value is -3.15. The van der Waals surface area contributed by atoms with Crippen molar-refractivity contribution < 1.29 is 14.4 Å². The van der Waals surface area contributed by atoms with Gasteiger partial charge in [0.15, 0.2) is 0 Å². The molecule has 1 saturated heterocycles. The molecule has 0 unspecified atom stereocenters. The summed E-state index contributed by atoms with van der Waals surface area (Å²) >= 11 is 0. The maximum Gasteiger partial charge on any atom is 0.332 e. The van der Waals surface area contributed by atoms with Crippen LogP contribution in [0.25, 0.3) is 0 Å². The van der Waals surface area contributed by atoms with Crippen molar-refractivity contribution in [1.82, 2.24) is 4.90 Å². The van der Waals surface area contributed by atoms with Crippen LogP contribution in [-0.2, 0) is 9.59 Å². The van der Waals surface area contributed by atoms with Gasteiger partial charge in [-0.2, -0.15) is 0 Å². The Labute approximate surface area is 164 Å². The molecule has 0 aromatic heterocycles. The summed E-state index contributed by atoms with van der Waals surface area (Å²) in [6.45, 7) is 0. The van der Waals surface area contributed by atoms with Gasteiger partial charge in [-0.3, -0.25) is 9.59 Å². The van der Waals surface area contributed by atoms with Gasteiger partial charge in [0.25, 0.3) is 5.91 Å². The van der Waals surface area contributed by atoms with E-state index < -0.39 is 6.04 Å². The van der Waals surface area contributed by atoms with Crippen LogP contribution in [0.4, 0.5) is 16.2 Å². The minimum Gasteiger partial charge on any atom is -0.326 e. The Balaban J connectivity index is 1.58. The van der Waals surface area contributed by atoms with Crippen LogP contribution in [0.2, 0.25) is 0 Å². The third kappa shape index (κ3) is 3.50. The lowest BCUT2D eigenvalue weighted by Crippen LogP contribution is -2.43. The molecule has 2 aliphatic rings. The highest BCUT2D eigenvalue weighted by Gasteiger charge is 2.49. The van der Waals surface area contributed by atoms with Crippen molar-refractivity contribution in [3.8, 4) is 0 Å². The molecule has 4 amide bonds. The van der Waals surface area contributed by atoms with Crippen molar-refractivity contribution >= 4 is 29.2 Å². The Morgan fingerprint density at radius 1 is 0.929 bits per heavy atom. The molecular formula is C22H23N3O3. The third-order valence-electron chi connectivity index (χ3n) is 5.42. The van der Waals surface area contributed by atoms with Gasteiger partial charge < -0.3 is 10.2 Å². The summed E-state index contributed by atoms with van der Waals surface area (Å²) in [5.41, 5.74) is 1.23. The van der Waals surface area contributed by atoms with Gasteiger partial charge in [-0.25, -0.2) is 9.69 Å². The maximum absolute atomic E-state index is 13.2. The molecule has 0 bridgehead atoms. The number of urea groups is 1. The first-order valence-corrected chi connectivity index (χ1v) is 9.71. The molecule has 1 heterocycles. The predicted molar refractivity (Wildman–Crippen MR) is 107 cm³/mol. The number of carbonyl (C=O) groups excluding carboxylic acids is 3. The summed E-state index contributed by atoms with van der Waals surface area (Å²) < 4.78 is 0. The first-order valence-electron chi connectivity index (χ1n) is 9.71. The van der Waals surface area contributed by atoms with E-state index in [1.165, 1.54) is 4.90 Å². The lowest BCUT2D eigenvalue weighted by atomic mass is 10.1. The second-order valence-electron chi connectivity index (χ2n) is 7.27. The molecular weight excluding hydrogens is 354 g/mol. The minimum atomic E-state index is -0.764. The van der Waals surface area contributed by atoms with Crippen LogP contribution in [0, 0.1) is 0 Å². The zero-order chi connectivity index (χ0) is 19.5. The molecule has 0 spiro atoms. The van der Waals surface area contributed by atoms with Gasteiger partial charge in [0, 0.05) is 11.7 Å². The van der Waals surface area contributed by atoms with E-state index in [0.29, 0.717) is 11.4 Å². The van der Waals surface area contributed by atoms with Crippen LogP contribution in [0.1, 0.15) is 32.1 Å². The van der Waals surface area contributed by atoms with Crippen molar-refractivity contribution in [2.75, 3.05) is 10.2 Å². The summed E-state index contributed by atoms with van der Waals surface area (Å²) in [5.74, 6) is -0.596.